The van der Waals surface area contributed by atoms with E-state index in [1.165, 1.54) is 20.4 Å². The van der Waals surface area contributed by atoms with Crippen molar-refractivity contribution in [2.75, 3.05) is 20.8 Å². The Hall–Kier alpha value is -2.49. The van der Waals surface area contributed by atoms with Crippen molar-refractivity contribution in [1.82, 2.24) is 5.43 Å². The summed E-state index contributed by atoms with van der Waals surface area (Å²) < 4.78 is 16.3. The lowest BCUT2D eigenvalue weighted by molar-refractivity contribution is 0.0954. The number of hydrogen-bond acceptors (Lipinski definition) is 6. The fraction of sp³-hybridized carbons (Fsp3) is 0.222. The number of methoxy groups -OCH3 is 2. The van der Waals surface area contributed by atoms with Gasteiger partial charge in [-0.2, -0.15) is 5.10 Å². The Bertz CT molecular complexity index is 801. The van der Waals surface area contributed by atoms with Gasteiger partial charge in [0.05, 0.1) is 30.6 Å². The fourth-order valence-corrected chi connectivity index (χ4v) is 2.73. The number of benzene rings is 2. The number of hydrazone groups is 1. The molecule has 0 aromatic heterocycles. The van der Waals surface area contributed by atoms with Crippen LogP contribution in [0.5, 0.6) is 23.0 Å². The molecule has 2 rings (SSSR count). The minimum absolute atomic E-state index is 0.0807. The zero-order valence-corrected chi connectivity index (χ0v) is 16.7. The Labute approximate surface area is 165 Å². The third-order valence-corrected chi connectivity index (χ3v) is 4.17. The molecule has 2 N–H and O–H groups in total. The van der Waals surface area contributed by atoms with Gasteiger partial charge in [0, 0.05) is 11.6 Å². The predicted molar refractivity (Wildman–Crippen MR) is 107 cm³/mol. The molecule has 0 fully saturated rings. The number of phenols is 1. The number of ether oxygens (including phenoxy) is 3. The van der Waals surface area contributed by atoms with Gasteiger partial charge in [0.25, 0.3) is 5.91 Å². The number of aromatic hydroxyl groups is 1. The average molecular weight is 470 g/mol. The second kappa shape index (κ2) is 9.27. The Balaban J connectivity index is 2.14. The van der Waals surface area contributed by atoms with Gasteiger partial charge in [0.15, 0.2) is 11.5 Å². The van der Waals surface area contributed by atoms with E-state index in [-0.39, 0.29) is 5.75 Å². The van der Waals surface area contributed by atoms with E-state index in [0.29, 0.717) is 38.6 Å². The van der Waals surface area contributed by atoms with E-state index in [1.807, 2.05) is 29.5 Å². The lowest BCUT2D eigenvalue weighted by atomic mass is 10.2. The number of nitrogens with zero attached hydrogens (tertiary/aromatic N) is 1. The summed E-state index contributed by atoms with van der Waals surface area (Å²) in [7, 11) is 3.02. The van der Waals surface area contributed by atoms with E-state index in [0.717, 1.165) is 0 Å². The van der Waals surface area contributed by atoms with Crippen molar-refractivity contribution in [3.63, 3.8) is 0 Å². The Kier molecular flexibility index (Phi) is 7.07. The Morgan fingerprint density at radius 3 is 2.42 bits per heavy atom. The van der Waals surface area contributed by atoms with Crippen LogP contribution in [0.1, 0.15) is 22.8 Å². The average Bonchev–Trinajstić information content (AvgIpc) is 2.65. The number of rotatable bonds is 7. The number of nitrogens with one attached hydrogen (secondary N) is 1. The summed E-state index contributed by atoms with van der Waals surface area (Å²) in [5.74, 6) is 1.06. The van der Waals surface area contributed by atoms with Crippen molar-refractivity contribution in [2.24, 2.45) is 5.10 Å². The largest absolute Gasteiger partial charge is 0.504 e. The van der Waals surface area contributed by atoms with E-state index in [9.17, 15) is 9.90 Å². The highest BCUT2D eigenvalue weighted by Crippen LogP contribution is 2.32. The van der Waals surface area contributed by atoms with Gasteiger partial charge in [0.2, 0.25) is 0 Å². The molecule has 0 saturated carbocycles. The van der Waals surface area contributed by atoms with Gasteiger partial charge in [-0.25, -0.2) is 5.43 Å². The molecule has 138 valence electrons. The molecule has 0 aliphatic heterocycles. The van der Waals surface area contributed by atoms with Crippen LogP contribution >= 0.6 is 22.6 Å². The Morgan fingerprint density at radius 2 is 1.85 bits per heavy atom. The summed E-state index contributed by atoms with van der Waals surface area (Å²) in [4.78, 5) is 12.3. The monoisotopic (exact) mass is 470 g/mol. The molecule has 0 heterocycles. The predicted octanol–water partition coefficient (Wildman–Crippen LogP) is 3.18. The normalized spacial score (nSPS) is 10.6. The molecule has 0 saturated heterocycles. The molecule has 26 heavy (non-hydrogen) atoms. The van der Waals surface area contributed by atoms with Crippen molar-refractivity contribution in [3.05, 3.63) is 45.0 Å². The maximum absolute atomic E-state index is 12.3. The van der Waals surface area contributed by atoms with Crippen molar-refractivity contribution < 1.29 is 24.1 Å². The fourth-order valence-electron chi connectivity index (χ4n) is 2.10. The van der Waals surface area contributed by atoms with Gasteiger partial charge >= 0.3 is 0 Å². The highest BCUT2D eigenvalue weighted by Gasteiger charge is 2.10. The molecule has 0 unspecified atom stereocenters. The molecule has 2 aromatic carbocycles. The van der Waals surface area contributed by atoms with Crippen LogP contribution < -0.4 is 19.6 Å². The van der Waals surface area contributed by atoms with Gasteiger partial charge in [-0.3, -0.25) is 4.79 Å². The van der Waals surface area contributed by atoms with E-state index in [4.69, 9.17) is 14.2 Å². The molecule has 0 aliphatic carbocycles. The molecule has 0 bridgehead atoms. The number of amides is 1. The molecule has 0 spiro atoms. The summed E-state index contributed by atoms with van der Waals surface area (Å²) in [6.45, 7) is 2.26. The molecular formula is C18H19IN2O5. The highest BCUT2D eigenvalue weighted by atomic mass is 127. The van der Waals surface area contributed by atoms with Crippen LogP contribution in [0.15, 0.2) is 35.4 Å². The zero-order chi connectivity index (χ0) is 19.1. The second-order valence-electron chi connectivity index (χ2n) is 5.08. The van der Waals surface area contributed by atoms with Gasteiger partial charge in [-0.05, 0) is 59.3 Å². The van der Waals surface area contributed by atoms with Crippen LogP contribution in [-0.4, -0.2) is 38.1 Å². The summed E-state index contributed by atoms with van der Waals surface area (Å²) in [5.41, 5.74) is 3.48. The molecule has 0 radical (unpaired) electrons. The molecule has 1 amide bonds. The molecular weight excluding hydrogens is 451 g/mol. The third-order valence-electron chi connectivity index (χ3n) is 3.34. The molecule has 0 aliphatic rings. The number of carbonyl (C=O) groups is 1. The minimum Gasteiger partial charge on any atom is -0.504 e. The standard InChI is InChI=1S/C18H19IN2O5/c1-4-26-16-6-11(5-15(19)17(16)22)10-20-21-18(23)12-7-13(24-2)9-14(8-12)25-3/h5-10,22H,4H2,1-3H3,(H,21,23). The van der Waals surface area contributed by atoms with Crippen molar-refractivity contribution >= 4 is 34.7 Å². The molecule has 7 nitrogen and oxygen atoms in total. The van der Waals surface area contributed by atoms with Gasteiger partial charge in [-0.15, -0.1) is 0 Å². The first-order chi connectivity index (χ1) is 12.5. The number of carbonyl (C=O) groups excluding carboxylic acids is 1. The first-order valence-electron chi connectivity index (χ1n) is 7.70. The van der Waals surface area contributed by atoms with Crippen LogP contribution in [0.4, 0.5) is 0 Å². The van der Waals surface area contributed by atoms with E-state index < -0.39 is 5.91 Å². The van der Waals surface area contributed by atoms with Crippen LogP contribution in [-0.2, 0) is 0 Å². The molecule has 0 atom stereocenters. The first kappa shape index (κ1) is 19.8. The highest BCUT2D eigenvalue weighted by molar-refractivity contribution is 14.1. The lowest BCUT2D eigenvalue weighted by Crippen LogP contribution is -2.17. The van der Waals surface area contributed by atoms with Crippen molar-refractivity contribution in [3.8, 4) is 23.0 Å². The summed E-state index contributed by atoms with van der Waals surface area (Å²) in [6, 6.07) is 8.22. The number of halogens is 1. The lowest BCUT2D eigenvalue weighted by Gasteiger charge is -2.08. The topological polar surface area (TPSA) is 89.4 Å². The second-order valence-corrected chi connectivity index (χ2v) is 6.25. The molecule has 2 aromatic rings. The van der Waals surface area contributed by atoms with Gasteiger partial charge in [-0.1, -0.05) is 0 Å². The van der Waals surface area contributed by atoms with Crippen LogP contribution in [0.2, 0.25) is 0 Å². The zero-order valence-electron chi connectivity index (χ0n) is 14.6. The number of hydrogen-bond donors (Lipinski definition) is 2. The quantitative estimate of drug-likeness (QED) is 0.369. The maximum Gasteiger partial charge on any atom is 0.271 e. The molecule has 8 heteroatoms. The van der Waals surface area contributed by atoms with Crippen molar-refractivity contribution in [2.45, 2.75) is 6.92 Å². The van der Waals surface area contributed by atoms with Crippen LogP contribution in [0.25, 0.3) is 0 Å². The maximum atomic E-state index is 12.3. The Morgan fingerprint density at radius 1 is 1.19 bits per heavy atom. The van der Waals surface area contributed by atoms with E-state index >= 15 is 0 Å². The summed E-state index contributed by atoms with van der Waals surface area (Å²) >= 11 is 2.00. The SMILES string of the molecule is CCOc1cc(C=NNC(=O)c2cc(OC)cc(OC)c2)cc(I)c1O. The third kappa shape index (κ3) is 5.01. The van der Waals surface area contributed by atoms with Gasteiger partial charge in [0.1, 0.15) is 11.5 Å². The summed E-state index contributed by atoms with van der Waals surface area (Å²) in [6.07, 6.45) is 1.47. The first-order valence-corrected chi connectivity index (χ1v) is 8.78. The van der Waals surface area contributed by atoms with E-state index in [2.05, 4.69) is 10.5 Å². The van der Waals surface area contributed by atoms with E-state index in [1.54, 1.807) is 30.3 Å². The minimum atomic E-state index is -0.406. The smallest absolute Gasteiger partial charge is 0.271 e. The van der Waals surface area contributed by atoms with Crippen molar-refractivity contribution in [1.29, 1.82) is 0 Å². The van der Waals surface area contributed by atoms with Crippen LogP contribution in [0, 0.1) is 3.57 Å². The number of phenolic OH excluding ortho intramolecular Hbond substituents is 1. The van der Waals surface area contributed by atoms with Gasteiger partial charge < -0.3 is 19.3 Å². The van der Waals surface area contributed by atoms with Crippen LogP contribution in [0.3, 0.4) is 0 Å². The summed E-state index contributed by atoms with van der Waals surface area (Å²) in [5, 5.41) is 13.9.